The molecule has 0 aromatic carbocycles. The van der Waals surface area contributed by atoms with Crippen molar-refractivity contribution in [1.29, 1.82) is 0 Å². The predicted octanol–water partition coefficient (Wildman–Crippen LogP) is 3.83. The molecule has 0 aromatic heterocycles. The molecule has 0 unspecified atom stereocenters. The number of nitrogens with one attached hydrogen (secondary N) is 2. The number of aliphatic hydroxyl groups excluding tert-OH is 2. The molecule has 0 radical (unpaired) electrons. The summed E-state index contributed by atoms with van der Waals surface area (Å²) in [5, 5.41) is 28.0. The number of hydrogen-bond acceptors (Lipinski definition) is 8. The molecule has 234 valence electrons. The predicted molar refractivity (Wildman–Crippen MR) is 163 cm³/mol. The lowest BCUT2D eigenvalue weighted by molar-refractivity contribution is -0.120. The number of aliphatic hydroxyl groups is 2. The van der Waals surface area contributed by atoms with E-state index in [0.29, 0.717) is 30.4 Å². The van der Waals surface area contributed by atoms with Gasteiger partial charge in [0, 0.05) is 37.4 Å². The van der Waals surface area contributed by atoms with E-state index >= 15 is 0 Å². The molecule has 9 heteroatoms. The Labute approximate surface area is 250 Å². The Hall–Kier alpha value is -2.85. The van der Waals surface area contributed by atoms with E-state index in [4.69, 9.17) is 9.47 Å². The fraction of sp³-hybridized carbons (Fsp3) is 0.606. The van der Waals surface area contributed by atoms with Gasteiger partial charge in [-0.25, -0.2) is 0 Å². The number of carbonyl (C=O) groups excluding carboxylic acids is 3. The number of Topliss-reactive ketones (excluding diaryl/α,β-unsaturated/α-hetero) is 1. The molecular formula is C33H50N2O7. The van der Waals surface area contributed by atoms with Crippen LogP contribution in [0, 0.1) is 11.8 Å². The highest BCUT2D eigenvalue weighted by Crippen LogP contribution is 2.29. The molecular weight excluding hydrogens is 536 g/mol. The van der Waals surface area contributed by atoms with Crippen molar-refractivity contribution in [2.24, 2.45) is 11.8 Å². The van der Waals surface area contributed by atoms with E-state index in [1.165, 1.54) is 20.3 Å². The summed E-state index contributed by atoms with van der Waals surface area (Å²) < 4.78 is 11.2. The second kappa shape index (κ2) is 15.6. The Morgan fingerprint density at radius 1 is 1.07 bits per heavy atom. The van der Waals surface area contributed by atoms with Gasteiger partial charge in [-0.05, 0) is 71.8 Å². The van der Waals surface area contributed by atoms with E-state index in [9.17, 15) is 24.6 Å². The maximum atomic E-state index is 13.8. The number of rotatable bonds is 5. The van der Waals surface area contributed by atoms with Crippen LogP contribution in [0.2, 0.25) is 0 Å². The van der Waals surface area contributed by atoms with Crippen LogP contribution < -0.4 is 10.6 Å². The first-order valence-corrected chi connectivity index (χ1v) is 14.7. The van der Waals surface area contributed by atoms with Crippen LogP contribution in [0.3, 0.4) is 0 Å². The van der Waals surface area contributed by atoms with Gasteiger partial charge in [0.15, 0.2) is 0 Å². The van der Waals surface area contributed by atoms with Crippen molar-refractivity contribution in [2.75, 3.05) is 14.2 Å². The molecule has 1 heterocycles. The normalized spacial score (nSPS) is 32.2. The van der Waals surface area contributed by atoms with E-state index in [1.807, 2.05) is 52.8 Å². The van der Waals surface area contributed by atoms with Crippen LogP contribution in [0.25, 0.3) is 0 Å². The number of allylic oxidation sites excluding steroid dienone is 4. The first-order chi connectivity index (χ1) is 19.6. The molecule has 2 rings (SSSR count). The third kappa shape index (κ3) is 9.33. The molecule has 1 amide bonds. The van der Waals surface area contributed by atoms with Crippen LogP contribution in [0.4, 0.5) is 0 Å². The SMILES string of the molecule is C/C=C\C(C)(C)NC1=C2C[C@@H](C)C[C@H](OC)[C@H](O)[C@@H](C)/C=C(\C)[C@H](O)[C@@H](OC)CC/C=C(\C)C(=O)NC(=CC1=O)C2=O. The lowest BCUT2D eigenvalue weighted by atomic mass is 9.84. The van der Waals surface area contributed by atoms with Crippen LogP contribution in [0.15, 0.2) is 58.5 Å². The molecule has 0 fully saturated rings. The summed E-state index contributed by atoms with van der Waals surface area (Å²) in [5.41, 5.74) is 0.844. The number of fused-ring (bicyclic) bond motifs is 2. The first kappa shape index (κ1) is 35.3. The maximum absolute atomic E-state index is 13.8. The molecule has 0 spiro atoms. The monoisotopic (exact) mass is 586 g/mol. The maximum Gasteiger partial charge on any atom is 0.251 e. The van der Waals surface area contributed by atoms with Gasteiger partial charge < -0.3 is 30.3 Å². The van der Waals surface area contributed by atoms with Gasteiger partial charge in [-0.3, -0.25) is 14.4 Å². The third-order valence-electron chi connectivity index (χ3n) is 7.94. The van der Waals surface area contributed by atoms with E-state index in [0.717, 1.165) is 0 Å². The van der Waals surface area contributed by atoms with E-state index in [2.05, 4.69) is 10.6 Å². The Morgan fingerprint density at radius 3 is 2.31 bits per heavy atom. The van der Waals surface area contributed by atoms with Crippen molar-refractivity contribution in [3.05, 3.63) is 58.5 Å². The zero-order chi connectivity index (χ0) is 31.8. The highest BCUT2D eigenvalue weighted by molar-refractivity contribution is 6.23. The van der Waals surface area contributed by atoms with E-state index < -0.39 is 47.4 Å². The van der Waals surface area contributed by atoms with Crippen LogP contribution in [-0.4, -0.2) is 71.9 Å². The van der Waals surface area contributed by atoms with Crippen LogP contribution >= 0.6 is 0 Å². The number of amides is 1. The minimum absolute atomic E-state index is 0.0748. The zero-order valence-corrected chi connectivity index (χ0v) is 26.6. The lowest BCUT2D eigenvalue weighted by Crippen LogP contribution is -2.43. The van der Waals surface area contributed by atoms with Crippen molar-refractivity contribution in [2.45, 2.75) is 104 Å². The van der Waals surface area contributed by atoms with Gasteiger partial charge in [-0.15, -0.1) is 0 Å². The largest absolute Gasteiger partial charge is 0.390 e. The molecule has 2 aliphatic rings. The van der Waals surface area contributed by atoms with Gasteiger partial charge in [-0.2, -0.15) is 0 Å². The summed E-state index contributed by atoms with van der Waals surface area (Å²) in [6.45, 7) is 12.9. The number of carbonyl (C=O) groups is 3. The van der Waals surface area contributed by atoms with Crippen LogP contribution in [0.5, 0.6) is 0 Å². The van der Waals surface area contributed by atoms with Crippen molar-refractivity contribution in [3.8, 4) is 0 Å². The van der Waals surface area contributed by atoms with E-state index in [1.54, 1.807) is 19.9 Å². The van der Waals surface area contributed by atoms with Crippen molar-refractivity contribution >= 4 is 17.5 Å². The molecule has 0 saturated heterocycles. The molecule has 1 aliphatic carbocycles. The van der Waals surface area contributed by atoms with E-state index in [-0.39, 0.29) is 35.2 Å². The molecule has 4 N–H and O–H groups in total. The summed E-state index contributed by atoms with van der Waals surface area (Å²) >= 11 is 0. The van der Waals surface area contributed by atoms with Gasteiger partial charge in [0.25, 0.3) is 5.91 Å². The molecule has 9 nitrogen and oxygen atoms in total. The quantitative estimate of drug-likeness (QED) is 0.282. The van der Waals surface area contributed by atoms with Crippen molar-refractivity contribution in [3.63, 3.8) is 0 Å². The third-order valence-corrected chi connectivity index (χ3v) is 7.94. The standard InChI is InChI=1S/C33H50N2O7/c1-10-14-33(6,7)35-28-23-15-19(2)16-27(42-9)30(38)22(5)17-21(4)29(37)26(41-8)13-11-12-20(3)32(40)34-24(31(23)39)18-25(28)36/h10,12,14,17-19,22,26-27,29-30,35,37-38H,11,13,15-16H2,1-9H3,(H,34,40)/b14-10-,20-12+,21-17+/t19-,22+,26+,27+,29+,30-/m1/s1. The molecule has 0 aromatic rings. The first-order valence-electron chi connectivity index (χ1n) is 14.7. The Balaban J connectivity index is 2.58. The van der Waals surface area contributed by atoms with Gasteiger partial charge in [-0.1, -0.05) is 38.2 Å². The zero-order valence-electron chi connectivity index (χ0n) is 26.6. The minimum atomic E-state index is -0.896. The topological polar surface area (TPSA) is 134 Å². The molecule has 6 atom stereocenters. The molecule has 42 heavy (non-hydrogen) atoms. The summed E-state index contributed by atoms with van der Waals surface area (Å²) in [5.74, 6) is -1.82. The summed E-state index contributed by atoms with van der Waals surface area (Å²) in [6.07, 6.45) is 7.13. The second-order valence-corrected chi connectivity index (χ2v) is 12.2. The molecule has 2 bridgehead atoms. The van der Waals surface area contributed by atoms with Gasteiger partial charge in [0.2, 0.25) is 11.6 Å². The van der Waals surface area contributed by atoms with Gasteiger partial charge in [0.1, 0.15) is 6.10 Å². The Kier molecular flexibility index (Phi) is 13.1. The average molecular weight is 587 g/mol. The molecule has 1 aliphatic heterocycles. The summed E-state index contributed by atoms with van der Waals surface area (Å²) in [4.78, 5) is 40.2. The van der Waals surface area contributed by atoms with Crippen molar-refractivity contribution in [1.82, 2.24) is 10.6 Å². The fourth-order valence-electron chi connectivity index (χ4n) is 5.53. The average Bonchev–Trinajstić information content (AvgIpc) is 2.92. The summed E-state index contributed by atoms with van der Waals surface area (Å²) in [6, 6.07) is 0. The fourth-order valence-corrected chi connectivity index (χ4v) is 5.53. The Morgan fingerprint density at radius 2 is 1.71 bits per heavy atom. The minimum Gasteiger partial charge on any atom is -0.390 e. The smallest absolute Gasteiger partial charge is 0.251 e. The highest BCUT2D eigenvalue weighted by Gasteiger charge is 2.34. The molecule has 0 saturated carbocycles. The number of ether oxygens (including phenoxy) is 2. The summed E-state index contributed by atoms with van der Waals surface area (Å²) in [7, 11) is 3.05. The second-order valence-electron chi connectivity index (χ2n) is 12.2. The number of methoxy groups -OCH3 is 2. The van der Waals surface area contributed by atoms with Gasteiger partial charge in [0.05, 0.1) is 35.2 Å². The highest BCUT2D eigenvalue weighted by atomic mass is 16.5. The number of hydrogen-bond donors (Lipinski definition) is 4. The van der Waals surface area contributed by atoms with Gasteiger partial charge >= 0.3 is 0 Å². The lowest BCUT2D eigenvalue weighted by Gasteiger charge is -2.31. The van der Waals surface area contributed by atoms with Crippen LogP contribution in [-0.2, 0) is 23.9 Å². The Bertz CT molecular complexity index is 1160. The number of ketones is 2. The van der Waals surface area contributed by atoms with Crippen molar-refractivity contribution < 1.29 is 34.1 Å². The van der Waals surface area contributed by atoms with Crippen LogP contribution in [0.1, 0.15) is 74.1 Å².